The Balaban J connectivity index is 1.76. The van der Waals surface area contributed by atoms with Crippen molar-refractivity contribution < 1.29 is 17.4 Å². The van der Waals surface area contributed by atoms with Crippen LogP contribution in [0, 0.1) is 0 Å². The van der Waals surface area contributed by atoms with Crippen LogP contribution >= 0.6 is 11.3 Å². The molecular formula is C17H17N3O4S2. The zero-order valence-corrected chi connectivity index (χ0v) is 15.7. The summed E-state index contributed by atoms with van der Waals surface area (Å²) >= 11 is 1.32. The lowest BCUT2D eigenvalue weighted by Gasteiger charge is -2.08. The lowest BCUT2D eigenvalue weighted by molar-refractivity contribution is 0.103. The Kier molecular flexibility index (Phi) is 5.10. The van der Waals surface area contributed by atoms with Crippen LogP contribution in [0.15, 0.2) is 53.0 Å². The maximum absolute atomic E-state index is 12.4. The number of aromatic nitrogens is 2. The maximum Gasteiger partial charge on any atom is 0.356 e. The first-order valence-electron chi connectivity index (χ1n) is 7.79. The molecule has 0 unspecified atom stereocenters. The van der Waals surface area contributed by atoms with E-state index in [0.29, 0.717) is 16.4 Å². The Bertz CT molecular complexity index is 1010. The maximum atomic E-state index is 12.4. The van der Waals surface area contributed by atoms with Crippen LogP contribution in [0.4, 0.5) is 5.69 Å². The molecule has 136 valence electrons. The quantitative estimate of drug-likeness (QED) is 0.625. The van der Waals surface area contributed by atoms with E-state index in [-0.39, 0.29) is 22.6 Å². The first kappa shape index (κ1) is 18.2. The van der Waals surface area contributed by atoms with Crippen LogP contribution in [0.2, 0.25) is 0 Å². The van der Waals surface area contributed by atoms with Gasteiger partial charge in [0.25, 0.3) is 5.91 Å². The number of amides is 1. The van der Waals surface area contributed by atoms with Gasteiger partial charge in [-0.25, -0.2) is 4.98 Å². The minimum absolute atomic E-state index is 0.0646. The summed E-state index contributed by atoms with van der Waals surface area (Å²) in [6.07, 6.45) is 1.23. The van der Waals surface area contributed by atoms with Crippen LogP contribution in [0.3, 0.4) is 0 Å². The van der Waals surface area contributed by atoms with Gasteiger partial charge >= 0.3 is 10.1 Å². The second kappa shape index (κ2) is 7.30. The van der Waals surface area contributed by atoms with Crippen molar-refractivity contribution in [1.82, 2.24) is 9.97 Å². The fourth-order valence-corrected chi connectivity index (χ4v) is 3.61. The van der Waals surface area contributed by atoms with Crippen LogP contribution in [-0.4, -0.2) is 24.3 Å². The summed E-state index contributed by atoms with van der Waals surface area (Å²) in [4.78, 5) is 19.4. The predicted octanol–water partition coefficient (Wildman–Crippen LogP) is 3.61. The Labute approximate surface area is 155 Å². The van der Waals surface area contributed by atoms with E-state index in [4.69, 9.17) is 4.18 Å². The van der Waals surface area contributed by atoms with Gasteiger partial charge in [0, 0.05) is 17.7 Å². The third-order valence-corrected chi connectivity index (χ3v) is 5.46. The molecule has 0 atom stereocenters. The van der Waals surface area contributed by atoms with Gasteiger partial charge in [0.1, 0.15) is 11.6 Å². The van der Waals surface area contributed by atoms with Crippen molar-refractivity contribution in [2.45, 2.75) is 24.8 Å². The molecule has 2 heterocycles. The van der Waals surface area contributed by atoms with E-state index in [1.165, 1.54) is 29.7 Å². The van der Waals surface area contributed by atoms with E-state index in [1.807, 2.05) is 13.8 Å². The van der Waals surface area contributed by atoms with Crippen LogP contribution in [0.5, 0.6) is 5.75 Å². The molecule has 0 saturated carbocycles. The van der Waals surface area contributed by atoms with Crippen molar-refractivity contribution in [3.63, 3.8) is 0 Å². The molecule has 0 fully saturated rings. The number of rotatable bonds is 6. The standard InChI is InChI=1S/C17H17N3O4S2/c1-11(2)16-18-10-15(20-16)26(22,23)24-13-6-3-5-12(9-13)19-17(21)14-7-4-8-25-14/h3-11H,1-2H3,(H,18,20)(H,19,21). The first-order valence-corrected chi connectivity index (χ1v) is 10.1. The van der Waals surface area contributed by atoms with Crippen LogP contribution in [0.25, 0.3) is 0 Å². The van der Waals surface area contributed by atoms with Gasteiger partial charge in [0.2, 0.25) is 0 Å². The number of H-pyrrole nitrogens is 1. The minimum atomic E-state index is -4.04. The number of hydrogen-bond acceptors (Lipinski definition) is 6. The Morgan fingerprint density at radius 1 is 1.27 bits per heavy atom. The normalized spacial score (nSPS) is 11.5. The van der Waals surface area contributed by atoms with E-state index in [0.717, 1.165) is 0 Å². The smallest absolute Gasteiger partial charge is 0.356 e. The summed E-state index contributed by atoms with van der Waals surface area (Å²) in [7, 11) is -4.04. The van der Waals surface area contributed by atoms with Gasteiger partial charge in [0.05, 0.1) is 11.1 Å². The van der Waals surface area contributed by atoms with Crippen molar-refractivity contribution in [2.75, 3.05) is 5.32 Å². The molecule has 0 aliphatic heterocycles. The summed E-state index contributed by atoms with van der Waals surface area (Å²) in [6.45, 7) is 3.80. The topological polar surface area (TPSA) is 101 Å². The van der Waals surface area contributed by atoms with Crippen LogP contribution < -0.4 is 9.50 Å². The predicted molar refractivity (Wildman–Crippen MR) is 99.2 cm³/mol. The number of nitrogens with one attached hydrogen (secondary N) is 2. The summed E-state index contributed by atoms with van der Waals surface area (Å²) in [5, 5.41) is 4.39. The SMILES string of the molecule is CC(C)c1ncc(S(=O)(=O)Oc2cccc(NC(=O)c3cccs3)c2)[nH]1. The second-order valence-electron chi connectivity index (χ2n) is 5.78. The molecule has 0 saturated heterocycles. The number of aromatic amines is 1. The zero-order valence-electron chi connectivity index (χ0n) is 14.1. The molecule has 3 rings (SSSR count). The molecule has 9 heteroatoms. The Morgan fingerprint density at radius 2 is 2.08 bits per heavy atom. The molecule has 2 N–H and O–H groups in total. The lowest BCUT2D eigenvalue weighted by atomic mass is 10.2. The molecule has 7 nitrogen and oxygen atoms in total. The zero-order chi connectivity index (χ0) is 18.7. The third kappa shape index (κ3) is 4.12. The van der Waals surface area contributed by atoms with Gasteiger partial charge in [-0.15, -0.1) is 11.3 Å². The van der Waals surface area contributed by atoms with E-state index in [9.17, 15) is 13.2 Å². The Hall–Kier alpha value is -2.65. The number of nitrogens with zero attached hydrogens (tertiary/aromatic N) is 1. The largest absolute Gasteiger partial charge is 0.378 e. The van der Waals surface area contributed by atoms with Gasteiger partial charge < -0.3 is 14.5 Å². The molecule has 1 aromatic carbocycles. The number of carbonyl (C=O) groups is 1. The lowest BCUT2D eigenvalue weighted by Crippen LogP contribution is -2.12. The second-order valence-corrected chi connectivity index (χ2v) is 8.25. The molecule has 26 heavy (non-hydrogen) atoms. The van der Waals surface area contributed by atoms with Crippen molar-refractivity contribution in [2.24, 2.45) is 0 Å². The number of hydrogen-bond donors (Lipinski definition) is 2. The summed E-state index contributed by atoms with van der Waals surface area (Å²) < 4.78 is 29.9. The monoisotopic (exact) mass is 391 g/mol. The average Bonchev–Trinajstić information content (AvgIpc) is 3.27. The highest BCUT2D eigenvalue weighted by Crippen LogP contribution is 2.23. The van der Waals surface area contributed by atoms with E-state index >= 15 is 0 Å². The van der Waals surface area contributed by atoms with E-state index in [1.54, 1.807) is 29.6 Å². The molecule has 1 amide bonds. The first-order chi connectivity index (χ1) is 12.3. The van der Waals surface area contributed by atoms with Crippen molar-refractivity contribution in [3.05, 3.63) is 58.7 Å². The number of anilines is 1. The number of imidazole rings is 1. The van der Waals surface area contributed by atoms with Crippen molar-refractivity contribution in [3.8, 4) is 5.75 Å². The van der Waals surface area contributed by atoms with Crippen LogP contribution in [0.1, 0.15) is 35.3 Å². The highest BCUT2D eigenvalue weighted by atomic mass is 32.2. The van der Waals surface area contributed by atoms with Gasteiger partial charge in [-0.3, -0.25) is 4.79 Å². The molecule has 2 aromatic heterocycles. The molecule has 0 aliphatic rings. The van der Waals surface area contributed by atoms with E-state index < -0.39 is 10.1 Å². The number of carbonyl (C=O) groups excluding carboxylic acids is 1. The van der Waals surface area contributed by atoms with Crippen LogP contribution in [-0.2, 0) is 10.1 Å². The highest BCUT2D eigenvalue weighted by Gasteiger charge is 2.21. The van der Waals surface area contributed by atoms with E-state index in [2.05, 4.69) is 15.3 Å². The fourth-order valence-electron chi connectivity index (χ4n) is 2.14. The number of thiophene rings is 1. The highest BCUT2D eigenvalue weighted by molar-refractivity contribution is 7.87. The number of benzene rings is 1. The molecule has 0 aliphatic carbocycles. The van der Waals surface area contributed by atoms with Gasteiger partial charge in [-0.1, -0.05) is 26.0 Å². The minimum Gasteiger partial charge on any atom is -0.378 e. The molecule has 0 spiro atoms. The van der Waals surface area contributed by atoms with Gasteiger partial charge in [0.15, 0.2) is 5.03 Å². The summed E-state index contributed by atoms with van der Waals surface area (Å²) in [5.41, 5.74) is 0.434. The van der Waals surface area contributed by atoms with Gasteiger partial charge in [-0.05, 0) is 23.6 Å². The van der Waals surface area contributed by atoms with Gasteiger partial charge in [-0.2, -0.15) is 8.42 Å². The molecule has 3 aromatic rings. The molecule has 0 bridgehead atoms. The molecule has 0 radical (unpaired) electrons. The third-order valence-electron chi connectivity index (χ3n) is 3.43. The average molecular weight is 391 g/mol. The molecular weight excluding hydrogens is 374 g/mol. The summed E-state index contributed by atoms with van der Waals surface area (Å²) in [6, 6.07) is 9.68. The Morgan fingerprint density at radius 3 is 2.73 bits per heavy atom. The van der Waals surface area contributed by atoms with Crippen molar-refractivity contribution in [1.29, 1.82) is 0 Å². The fraction of sp³-hybridized carbons (Fsp3) is 0.176. The summed E-state index contributed by atoms with van der Waals surface area (Å²) in [5.74, 6) is 0.448. The van der Waals surface area contributed by atoms with Crippen molar-refractivity contribution >= 4 is 33.0 Å².